The summed E-state index contributed by atoms with van der Waals surface area (Å²) in [5.74, 6) is -2.39. The number of anilines is 1. The molecule has 0 amide bonds. The molecular formula is C12H15FN2O5. The number of halogens is 1. The third-order valence-corrected chi connectivity index (χ3v) is 2.49. The fourth-order valence-corrected chi connectivity index (χ4v) is 1.74. The Morgan fingerprint density at radius 1 is 1.55 bits per heavy atom. The molecule has 0 radical (unpaired) electrons. The summed E-state index contributed by atoms with van der Waals surface area (Å²) in [6.45, 7) is 3.68. The maximum Gasteiger partial charge on any atom is 0.342 e. The van der Waals surface area contributed by atoms with Crippen molar-refractivity contribution in [3.63, 3.8) is 0 Å². The molecule has 1 rings (SSSR count). The SMILES string of the molecule is COCC(C)(C)Nc1cc(C(=O)O)c([N+](=O)[O-])cc1F. The van der Waals surface area contributed by atoms with Crippen LogP contribution in [0.15, 0.2) is 12.1 Å². The average Bonchev–Trinajstić information content (AvgIpc) is 2.30. The number of benzene rings is 1. The lowest BCUT2D eigenvalue weighted by atomic mass is 10.1. The monoisotopic (exact) mass is 286 g/mol. The Kier molecular flexibility index (Phi) is 4.61. The number of carboxylic acids is 1. The first kappa shape index (κ1) is 15.8. The molecule has 0 saturated heterocycles. The van der Waals surface area contributed by atoms with E-state index in [1.807, 2.05) is 0 Å². The molecular weight excluding hydrogens is 271 g/mol. The van der Waals surface area contributed by atoms with E-state index in [1.54, 1.807) is 13.8 Å². The zero-order valence-corrected chi connectivity index (χ0v) is 11.3. The van der Waals surface area contributed by atoms with Crippen molar-refractivity contribution in [1.29, 1.82) is 0 Å². The van der Waals surface area contributed by atoms with Crippen molar-refractivity contribution >= 4 is 17.3 Å². The van der Waals surface area contributed by atoms with E-state index < -0.39 is 33.5 Å². The van der Waals surface area contributed by atoms with Gasteiger partial charge < -0.3 is 15.2 Å². The highest BCUT2D eigenvalue weighted by molar-refractivity contribution is 5.93. The topological polar surface area (TPSA) is 102 Å². The second-order valence-corrected chi connectivity index (χ2v) is 4.85. The first-order valence-corrected chi connectivity index (χ1v) is 5.66. The van der Waals surface area contributed by atoms with Crippen LogP contribution in [0.2, 0.25) is 0 Å². The van der Waals surface area contributed by atoms with Gasteiger partial charge in [-0.25, -0.2) is 9.18 Å². The van der Waals surface area contributed by atoms with Gasteiger partial charge in [-0.3, -0.25) is 10.1 Å². The molecule has 1 aromatic carbocycles. The van der Waals surface area contributed by atoms with E-state index in [0.29, 0.717) is 6.07 Å². The van der Waals surface area contributed by atoms with Gasteiger partial charge in [0.15, 0.2) is 5.82 Å². The van der Waals surface area contributed by atoms with Crippen LogP contribution in [-0.4, -0.2) is 35.3 Å². The molecule has 0 aliphatic heterocycles. The second-order valence-electron chi connectivity index (χ2n) is 4.85. The number of aromatic carboxylic acids is 1. The Labute approximate surface area is 114 Å². The highest BCUT2D eigenvalue weighted by atomic mass is 19.1. The van der Waals surface area contributed by atoms with Crippen molar-refractivity contribution in [2.24, 2.45) is 0 Å². The molecule has 0 unspecified atom stereocenters. The van der Waals surface area contributed by atoms with Gasteiger partial charge in [-0.05, 0) is 19.9 Å². The summed E-state index contributed by atoms with van der Waals surface area (Å²) in [4.78, 5) is 20.8. The number of rotatable bonds is 6. The molecule has 0 aliphatic carbocycles. The number of carbonyl (C=O) groups is 1. The lowest BCUT2D eigenvalue weighted by Gasteiger charge is -2.26. The van der Waals surface area contributed by atoms with Crippen LogP contribution in [0, 0.1) is 15.9 Å². The Morgan fingerprint density at radius 2 is 2.15 bits per heavy atom. The fraction of sp³-hybridized carbons (Fsp3) is 0.417. The van der Waals surface area contributed by atoms with Crippen LogP contribution in [0.1, 0.15) is 24.2 Å². The highest BCUT2D eigenvalue weighted by Gasteiger charge is 2.26. The van der Waals surface area contributed by atoms with Gasteiger partial charge in [-0.1, -0.05) is 0 Å². The van der Waals surface area contributed by atoms with Gasteiger partial charge in [0.25, 0.3) is 5.69 Å². The van der Waals surface area contributed by atoms with Gasteiger partial charge in [0, 0.05) is 7.11 Å². The number of nitro benzene ring substituents is 1. The number of nitrogens with zero attached hydrogens (tertiary/aromatic N) is 1. The molecule has 0 atom stereocenters. The van der Waals surface area contributed by atoms with Gasteiger partial charge >= 0.3 is 5.97 Å². The molecule has 0 heterocycles. The number of methoxy groups -OCH3 is 1. The molecule has 7 nitrogen and oxygen atoms in total. The van der Waals surface area contributed by atoms with E-state index in [9.17, 15) is 19.3 Å². The van der Waals surface area contributed by atoms with Crippen molar-refractivity contribution in [2.75, 3.05) is 19.0 Å². The van der Waals surface area contributed by atoms with Crippen molar-refractivity contribution < 1.29 is 24.0 Å². The van der Waals surface area contributed by atoms with Gasteiger partial charge in [0.2, 0.25) is 0 Å². The molecule has 0 aliphatic rings. The van der Waals surface area contributed by atoms with Crippen LogP contribution in [0.5, 0.6) is 0 Å². The van der Waals surface area contributed by atoms with Crippen LogP contribution in [0.4, 0.5) is 15.8 Å². The van der Waals surface area contributed by atoms with Gasteiger partial charge in [0.05, 0.1) is 28.8 Å². The minimum absolute atomic E-state index is 0.130. The van der Waals surface area contributed by atoms with E-state index in [0.717, 1.165) is 6.07 Å². The lowest BCUT2D eigenvalue weighted by Crippen LogP contribution is -2.36. The Hall–Kier alpha value is -2.22. The molecule has 8 heteroatoms. The Bertz CT molecular complexity index is 545. The minimum Gasteiger partial charge on any atom is -0.477 e. The molecule has 0 spiro atoms. The Balaban J connectivity index is 3.26. The number of ether oxygens (including phenoxy) is 1. The predicted molar refractivity (Wildman–Crippen MR) is 69.6 cm³/mol. The fourth-order valence-electron chi connectivity index (χ4n) is 1.74. The van der Waals surface area contributed by atoms with E-state index >= 15 is 0 Å². The number of hydrogen-bond acceptors (Lipinski definition) is 5. The van der Waals surface area contributed by atoms with Gasteiger partial charge in [-0.15, -0.1) is 0 Å². The summed E-state index contributed by atoms with van der Waals surface area (Å²) in [5, 5.41) is 22.4. The van der Waals surface area contributed by atoms with Crippen molar-refractivity contribution in [3.05, 3.63) is 33.6 Å². The maximum atomic E-state index is 13.8. The number of carboxylic acid groups (broad SMARTS) is 1. The van der Waals surface area contributed by atoms with E-state index in [4.69, 9.17) is 9.84 Å². The largest absolute Gasteiger partial charge is 0.477 e. The predicted octanol–water partition coefficient (Wildman–Crippen LogP) is 2.27. The van der Waals surface area contributed by atoms with Crippen LogP contribution < -0.4 is 5.32 Å². The molecule has 0 saturated carbocycles. The number of hydrogen-bond donors (Lipinski definition) is 2. The third kappa shape index (κ3) is 3.64. The summed E-state index contributed by atoms with van der Waals surface area (Å²) < 4.78 is 18.8. The van der Waals surface area contributed by atoms with E-state index in [-0.39, 0.29) is 12.3 Å². The summed E-state index contributed by atoms with van der Waals surface area (Å²) in [5.41, 5.74) is -2.16. The van der Waals surface area contributed by atoms with Gasteiger partial charge in [0.1, 0.15) is 5.56 Å². The first-order chi connectivity index (χ1) is 9.18. The Morgan fingerprint density at radius 3 is 2.60 bits per heavy atom. The summed E-state index contributed by atoms with van der Waals surface area (Å²) in [6, 6.07) is 1.50. The average molecular weight is 286 g/mol. The second kappa shape index (κ2) is 5.83. The van der Waals surface area contributed by atoms with Crippen molar-refractivity contribution in [1.82, 2.24) is 0 Å². The van der Waals surface area contributed by atoms with Crippen LogP contribution in [-0.2, 0) is 4.74 Å². The molecule has 0 fully saturated rings. The third-order valence-electron chi connectivity index (χ3n) is 2.49. The summed E-state index contributed by atoms with van der Waals surface area (Å²) in [7, 11) is 1.47. The summed E-state index contributed by atoms with van der Waals surface area (Å²) in [6.07, 6.45) is 0. The maximum absolute atomic E-state index is 13.8. The number of nitro groups is 1. The minimum atomic E-state index is -1.50. The van der Waals surface area contributed by atoms with Crippen molar-refractivity contribution in [2.45, 2.75) is 19.4 Å². The molecule has 1 aromatic rings. The molecule has 110 valence electrons. The first-order valence-electron chi connectivity index (χ1n) is 5.66. The molecule has 0 aromatic heterocycles. The molecule has 20 heavy (non-hydrogen) atoms. The summed E-state index contributed by atoms with van der Waals surface area (Å²) >= 11 is 0. The lowest BCUT2D eigenvalue weighted by molar-refractivity contribution is -0.385. The zero-order chi connectivity index (χ0) is 15.5. The molecule has 2 N–H and O–H groups in total. The standard InChI is InChI=1S/C12H15FN2O5/c1-12(2,6-20-3)14-9-4-7(11(16)17)10(15(18)19)5-8(9)13/h4-5,14H,6H2,1-3H3,(H,16,17). The quantitative estimate of drug-likeness (QED) is 0.614. The molecule has 0 bridgehead atoms. The number of nitrogens with one attached hydrogen (secondary N) is 1. The van der Waals surface area contributed by atoms with Crippen LogP contribution >= 0.6 is 0 Å². The zero-order valence-electron chi connectivity index (χ0n) is 11.3. The van der Waals surface area contributed by atoms with Crippen LogP contribution in [0.3, 0.4) is 0 Å². The van der Waals surface area contributed by atoms with Gasteiger partial charge in [-0.2, -0.15) is 0 Å². The van der Waals surface area contributed by atoms with E-state index in [1.165, 1.54) is 7.11 Å². The smallest absolute Gasteiger partial charge is 0.342 e. The van der Waals surface area contributed by atoms with Crippen molar-refractivity contribution in [3.8, 4) is 0 Å². The normalized spacial score (nSPS) is 11.2. The van der Waals surface area contributed by atoms with Crippen LogP contribution in [0.25, 0.3) is 0 Å². The van der Waals surface area contributed by atoms with E-state index in [2.05, 4.69) is 5.32 Å². The highest BCUT2D eigenvalue weighted by Crippen LogP contribution is 2.28.